The third-order valence-corrected chi connectivity index (χ3v) is 11.0. The second-order valence-corrected chi connectivity index (χ2v) is 13.9. The van der Waals surface area contributed by atoms with Crippen LogP contribution in [0.2, 0.25) is 0 Å². The molecule has 4 heterocycles. The van der Waals surface area contributed by atoms with Crippen LogP contribution >= 0.6 is 11.3 Å². The van der Waals surface area contributed by atoms with Crippen molar-refractivity contribution < 1.29 is 4.42 Å². The molecule has 238 valence electrons. The Labute approximate surface area is 295 Å². The number of thiophene rings is 1. The van der Waals surface area contributed by atoms with Crippen LogP contribution in [0.15, 0.2) is 162 Å². The first-order chi connectivity index (χ1) is 25.2. The Morgan fingerprint density at radius 3 is 1.67 bits per heavy atom. The van der Waals surface area contributed by atoms with Crippen LogP contribution in [0, 0.1) is 0 Å². The van der Waals surface area contributed by atoms with Crippen molar-refractivity contribution in [2.24, 2.45) is 0 Å². The molecule has 0 aliphatic rings. The van der Waals surface area contributed by atoms with Crippen LogP contribution < -0.4 is 0 Å². The highest BCUT2D eigenvalue weighted by atomic mass is 32.1. The molecule has 6 heteroatoms. The Balaban J connectivity index is 1.08. The summed E-state index contributed by atoms with van der Waals surface area (Å²) in [5.41, 5.74) is 7.91. The van der Waals surface area contributed by atoms with E-state index in [4.69, 9.17) is 19.4 Å². The van der Waals surface area contributed by atoms with E-state index in [0.717, 1.165) is 44.3 Å². The average Bonchev–Trinajstić information content (AvgIpc) is 3.87. The number of rotatable bonds is 4. The maximum atomic E-state index is 6.14. The van der Waals surface area contributed by atoms with Crippen molar-refractivity contribution in [3.63, 3.8) is 0 Å². The molecule has 0 aliphatic carbocycles. The summed E-state index contributed by atoms with van der Waals surface area (Å²) in [6, 6.07) is 55.1. The van der Waals surface area contributed by atoms with Gasteiger partial charge in [-0.1, -0.05) is 84.9 Å². The van der Waals surface area contributed by atoms with E-state index in [-0.39, 0.29) is 0 Å². The molecule has 5 nitrogen and oxygen atoms in total. The number of nitrogens with zero attached hydrogens (tertiary/aromatic N) is 4. The second-order valence-electron chi connectivity index (χ2n) is 12.8. The van der Waals surface area contributed by atoms with E-state index < -0.39 is 0 Å². The molecular weight excluding hydrogens is 645 g/mol. The molecule has 0 atom stereocenters. The molecule has 11 rings (SSSR count). The summed E-state index contributed by atoms with van der Waals surface area (Å²) in [4.78, 5) is 15.3. The highest BCUT2D eigenvalue weighted by Crippen LogP contribution is 2.38. The molecule has 0 aliphatic heterocycles. The Morgan fingerprint density at radius 1 is 0.392 bits per heavy atom. The van der Waals surface area contributed by atoms with Gasteiger partial charge in [0.1, 0.15) is 11.2 Å². The van der Waals surface area contributed by atoms with Crippen molar-refractivity contribution >= 4 is 75.3 Å². The van der Waals surface area contributed by atoms with Crippen LogP contribution in [-0.4, -0.2) is 19.5 Å². The van der Waals surface area contributed by atoms with E-state index in [1.807, 2.05) is 30.3 Å². The van der Waals surface area contributed by atoms with Crippen LogP contribution in [0.25, 0.3) is 104 Å². The zero-order chi connectivity index (χ0) is 33.5. The SMILES string of the molecule is c1ccc2c(c1)oc1ccc(-c3nc(-c4ccc(-n5c6ccccc6c6ccccc65)cc4)nc(-c4ccc5c(c4)sc4ccccc45)n3)cc12. The maximum absolute atomic E-state index is 6.14. The number of para-hydroxylation sites is 3. The van der Waals surface area contributed by atoms with Crippen molar-refractivity contribution in [3.05, 3.63) is 158 Å². The summed E-state index contributed by atoms with van der Waals surface area (Å²) >= 11 is 1.79. The zero-order valence-electron chi connectivity index (χ0n) is 27.1. The van der Waals surface area contributed by atoms with Gasteiger partial charge in [0, 0.05) is 64.1 Å². The number of benzene rings is 7. The van der Waals surface area contributed by atoms with Gasteiger partial charge in [-0.15, -0.1) is 11.3 Å². The number of hydrogen-bond donors (Lipinski definition) is 0. The molecule has 0 radical (unpaired) electrons. The minimum atomic E-state index is 0.616. The van der Waals surface area contributed by atoms with Crippen molar-refractivity contribution in [2.75, 3.05) is 0 Å². The lowest BCUT2D eigenvalue weighted by atomic mass is 10.1. The van der Waals surface area contributed by atoms with Crippen LogP contribution in [0.5, 0.6) is 0 Å². The summed E-state index contributed by atoms with van der Waals surface area (Å²) in [5, 5.41) is 7.09. The van der Waals surface area contributed by atoms with Gasteiger partial charge in [0.25, 0.3) is 0 Å². The minimum absolute atomic E-state index is 0.616. The Morgan fingerprint density at radius 2 is 0.922 bits per heavy atom. The average molecular weight is 671 g/mol. The summed E-state index contributed by atoms with van der Waals surface area (Å²) in [6.07, 6.45) is 0. The Bertz CT molecular complexity index is 3100. The van der Waals surface area contributed by atoms with Gasteiger partial charge in [-0.05, 0) is 72.8 Å². The lowest BCUT2D eigenvalue weighted by Crippen LogP contribution is -2.00. The summed E-state index contributed by atoms with van der Waals surface area (Å²) in [6.45, 7) is 0. The standard InChI is InChI=1S/C45H26N4OS/c1-5-13-37-31(9-1)32-10-2-6-14-38(32)49(37)30-21-17-27(18-22-30)43-46-44(28-20-24-40-36(25-28)33-11-3-7-15-39(33)50-40)48-45(47-43)29-19-23-35-34-12-4-8-16-41(34)51-42(35)26-29/h1-26H. The van der Waals surface area contributed by atoms with Gasteiger partial charge < -0.3 is 8.98 Å². The van der Waals surface area contributed by atoms with E-state index in [2.05, 4.69) is 132 Å². The number of fused-ring (bicyclic) bond motifs is 9. The van der Waals surface area contributed by atoms with E-state index >= 15 is 0 Å². The fraction of sp³-hybridized carbons (Fsp3) is 0. The number of aromatic nitrogens is 4. The third-order valence-electron chi connectivity index (χ3n) is 9.87. The Kier molecular flexibility index (Phi) is 6.05. The van der Waals surface area contributed by atoms with Crippen LogP contribution in [0.4, 0.5) is 0 Å². The van der Waals surface area contributed by atoms with Gasteiger partial charge in [0.2, 0.25) is 0 Å². The van der Waals surface area contributed by atoms with Gasteiger partial charge in [-0.3, -0.25) is 0 Å². The molecule has 0 saturated carbocycles. The molecule has 0 fully saturated rings. The normalized spacial score (nSPS) is 11.9. The van der Waals surface area contributed by atoms with E-state index in [1.54, 1.807) is 11.3 Å². The smallest absolute Gasteiger partial charge is 0.164 e. The van der Waals surface area contributed by atoms with Crippen molar-refractivity contribution in [1.82, 2.24) is 19.5 Å². The maximum Gasteiger partial charge on any atom is 0.164 e. The predicted molar refractivity (Wildman–Crippen MR) is 211 cm³/mol. The molecule has 51 heavy (non-hydrogen) atoms. The van der Waals surface area contributed by atoms with Crippen molar-refractivity contribution in [1.29, 1.82) is 0 Å². The first kappa shape index (κ1) is 28.2. The summed E-state index contributed by atoms with van der Waals surface area (Å²) < 4.78 is 10.9. The third kappa shape index (κ3) is 4.43. The fourth-order valence-corrected chi connectivity index (χ4v) is 8.60. The lowest BCUT2D eigenvalue weighted by molar-refractivity contribution is 0.669. The zero-order valence-corrected chi connectivity index (χ0v) is 27.9. The van der Waals surface area contributed by atoms with E-state index in [1.165, 1.54) is 42.0 Å². The molecule has 0 spiro atoms. The van der Waals surface area contributed by atoms with E-state index in [9.17, 15) is 0 Å². The summed E-state index contributed by atoms with van der Waals surface area (Å²) in [7, 11) is 0. The molecule has 11 aromatic rings. The van der Waals surface area contributed by atoms with Gasteiger partial charge in [0.05, 0.1) is 11.0 Å². The first-order valence-corrected chi connectivity index (χ1v) is 17.8. The lowest BCUT2D eigenvalue weighted by Gasteiger charge is -2.11. The minimum Gasteiger partial charge on any atom is -0.456 e. The topological polar surface area (TPSA) is 56.7 Å². The van der Waals surface area contributed by atoms with Crippen molar-refractivity contribution in [2.45, 2.75) is 0 Å². The van der Waals surface area contributed by atoms with E-state index in [0.29, 0.717) is 17.5 Å². The second kappa shape index (κ2) is 10.9. The quantitative estimate of drug-likeness (QED) is 0.187. The van der Waals surface area contributed by atoms with Crippen LogP contribution in [0.1, 0.15) is 0 Å². The summed E-state index contributed by atoms with van der Waals surface area (Å²) in [5.74, 6) is 1.88. The molecule has 0 bridgehead atoms. The molecule has 0 N–H and O–H groups in total. The number of furan rings is 1. The van der Waals surface area contributed by atoms with Gasteiger partial charge in [-0.2, -0.15) is 0 Å². The van der Waals surface area contributed by atoms with Crippen LogP contribution in [-0.2, 0) is 0 Å². The van der Waals surface area contributed by atoms with Gasteiger partial charge in [0.15, 0.2) is 17.5 Å². The molecule has 7 aromatic carbocycles. The number of hydrogen-bond acceptors (Lipinski definition) is 5. The molecule has 0 saturated heterocycles. The monoisotopic (exact) mass is 670 g/mol. The van der Waals surface area contributed by atoms with Crippen LogP contribution in [0.3, 0.4) is 0 Å². The van der Waals surface area contributed by atoms with Crippen molar-refractivity contribution in [3.8, 4) is 39.9 Å². The largest absolute Gasteiger partial charge is 0.456 e. The highest BCUT2D eigenvalue weighted by molar-refractivity contribution is 7.25. The molecule has 4 aromatic heterocycles. The van der Waals surface area contributed by atoms with Gasteiger partial charge in [-0.25, -0.2) is 15.0 Å². The highest BCUT2D eigenvalue weighted by Gasteiger charge is 2.17. The molecular formula is C45H26N4OS. The van der Waals surface area contributed by atoms with Gasteiger partial charge >= 0.3 is 0 Å². The molecule has 0 amide bonds. The predicted octanol–water partition coefficient (Wildman–Crippen LogP) is 12.2. The fourth-order valence-electron chi connectivity index (χ4n) is 7.45. The Hall–Kier alpha value is -6.63. The molecule has 0 unspecified atom stereocenters. The first-order valence-electron chi connectivity index (χ1n) is 16.9.